The van der Waals surface area contributed by atoms with Crippen LogP contribution in [-0.4, -0.2) is 17.9 Å². The van der Waals surface area contributed by atoms with Gasteiger partial charge in [0.2, 0.25) is 5.70 Å². The van der Waals surface area contributed by atoms with E-state index in [-0.39, 0.29) is 84.0 Å². The minimum Gasteiger partial charge on any atom is -0.541 e. The van der Waals surface area contributed by atoms with E-state index in [0.717, 1.165) is 50.5 Å². The van der Waals surface area contributed by atoms with Crippen LogP contribution in [0.1, 0.15) is 93.4 Å². The van der Waals surface area contributed by atoms with Gasteiger partial charge in [-0.1, -0.05) is 73.0 Å². The SMILES string of the molecule is [C-]#[N+]C1=C[C@]2(C)C3=CC(=O)C4C5CC(C)(C)CC[C@]5([C-]=O)CC[C@@]4(C)[C@]3(C)CC[C@H]2C(C)(C)C1=O.[Y]. The summed E-state index contributed by atoms with van der Waals surface area (Å²) in [6, 6.07) is 0. The van der Waals surface area contributed by atoms with Gasteiger partial charge < -0.3 is 9.59 Å². The van der Waals surface area contributed by atoms with Crippen LogP contribution in [0.5, 0.6) is 0 Å². The van der Waals surface area contributed by atoms with Crippen LogP contribution in [0.15, 0.2) is 23.4 Å². The standard InChI is InChI=1S/C31H40NO3.Y/c1-26(2)11-13-31(18-33)14-12-30(7)24(19(31)16-26)21(34)15-23-28(5)17-20(32-8)25(35)27(3,4)22(28)9-10-29(23,30)6;/h15,17,19,22,24H,9-14,16H2,1-7H3;/q-1;/t19?,22-,24?,28-,29+,30+,31+;/m0./s1. The summed E-state index contributed by atoms with van der Waals surface area (Å²) in [4.78, 5) is 43.4. The Morgan fingerprint density at radius 2 is 1.61 bits per heavy atom. The van der Waals surface area contributed by atoms with Crippen molar-refractivity contribution in [2.45, 2.75) is 93.4 Å². The molecule has 1 radical (unpaired) electrons. The van der Waals surface area contributed by atoms with Crippen LogP contribution in [0.3, 0.4) is 0 Å². The summed E-state index contributed by atoms with van der Waals surface area (Å²) in [5.41, 5.74) is -0.714. The van der Waals surface area contributed by atoms with E-state index in [1.807, 2.05) is 26.0 Å². The Morgan fingerprint density at radius 3 is 2.22 bits per heavy atom. The second kappa shape index (κ2) is 8.29. The van der Waals surface area contributed by atoms with Crippen molar-refractivity contribution in [2.24, 2.45) is 50.2 Å². The molecule has 0 bridgehead atoms. The zero-order valence-electron chi connectivity index (χ0n) is 23.1. The van der Waals surface area contributed by atoms with Crippen molar-refractivity contribution in [2.75, 3.05) is 0 Å². The maximum atomic E-state index is 14.2. The maximum Gasteiger partial charge on any atom is 0.226 e. The first-order valence-corrected chi connectivity index (χ1v) is 13.4. The largest absolute Gasteiger partial charge is 0.541 e. The Morgan fingerprint density at radius 1 is 0.972 bits per heavy atom. The number of rotatable bonds is 1. The summed E-state index contributed by atoms with van der Waals surface area (Å²) in [5.74, 6) is -0.0300. The number of carbonyl (C=O) groups is 2. The second-order valence-corrected chi connectivity index (χ2v) is 14.5. The number of allylic oxidation sites excluding steroid dienone is 4. The fourth-order valence-electron chi connectivity index (χ4n) is 9.78. The van der Waals surface area contributed by atoms with Gasteiger partial charge >= 0.3 is 0 Å². The van der Waals surface area contributed by atoms with Gasteiger partial charge in [-0.2, -0.15) is 0 Å². The zero-order valence-corrected chi connectivity index (χ0v) is 25.9. The molecule has 0 aromatic rings. The van der Waals surface area contributed by atoms with Crippen LogP contribution < -0.4 is 0 Å². The molecule has 3 saturated carbocycles. The average molecular weight is 564 g/mol. The van der Waals surface area contributed by atoms with E-state index in [9.17, 15) is 14.4 Å². The summed E-state index contributed by atoms with van der Waals surface area (Å²) < 4.78 is 0. The summed E-state index contributed by atoms with van der Waals surface area (Å²) in [7, 11) is 0. The number of hydrogen-bond donors (Lipinski definition) is 0. The van der Waals surface area contributed by atoms with Crippen LogP contribution in [-0.2, 0) is 47.1 Å². The van der Waals surface area contributed by atoms with Gasteiger partial charge in [0.15, 0.2) is 11.6 Å². The minimum absolute atomic E-state index is 0. The van der Waals surface area contributed by atoms with Gasteiger partial charge in [0.05, 0.1) is 6.57 Å². The molecule has 0 aromatic heterocycles. The molecule has 5 rings (SSSR count). The maximum absolute atomic E-state index is 14.2. The molecular formula is C31H40NO3Y-. The Hall–Kier alpha value is -0.916. The number of Topliss-reactive ketones (excluding diaryl/α,β-unsaturated/α-hetero) is 1. The van der Waals surface area contributed by atoms with Crippen molar-refractivity contribution in [3.8, 4) is 0 Å². The number of ketones is 2. The van der Waals surface area contributed by atoms with Gasteiger partial charge in [0.25, 0.3) is 0 Å². The predicted molar refractivity (Wildman–Crippen MR) is 136 cm³/mol. The van der Waals surface area contributed by atoms with E-state index in [2.05, 4.69) is 45.7 Å². The second-order valence-electron chi connectivity index (χ2n) is 14.5. The molecule has 3 fully saturated rings. The van der Waals surface area contributed by atoms with Crippen LogP contribution in [0.2, 0.25) is 0 Å². The Bertz CT molecular complexity index is 1140. The molecule has 2 unspecified atom stereocenters. The molecule has 5 heteroatoms. The number of nitrogens with zero attached hydrogens (tertiary/aromatic N) is 1. The molecule has 36 heavy (non-hydrogen) atoms. The van der Waals surface area contributed by atoms with Gasteiger partial charge in [0.1, 0.15) is 0 Å². The normalized spacial score (nSPS) is 46.3. The molecule has 0 aromatic carbocycles. The fraction of sp³-hybridized carbons (Fsp3) is 0.742. The van der Waals surface area contributed by atoms with E-state index in [0.29, 0.717) is 0 Å². The van der Waals surface area contributed by atoms with Gasteiger partial charge in [-0.05, 0) is 66.3 Å². The van der Waals surface area contributed by atoms with Gasteiger partial charge in [-0.15, -0.1) is 5.41 Å². The molecule has 5 aliphatic carbocycles. The van der Waals surface area contributed by atoms with Crippen molar-refractivity contribution < 1.29 is 47.1 Å². The summed E-state index contributed by atoms with van der Waals surface area (Å²) >= 11 is 0. The molecule has 4 nitrogen and oxygen atoms in total. The van der Waals surface area contributed by atoms with Crippen molar-refractivity contribution in [3.63, 3.8) is 0 Å². The Balaban J connectivity index is 0.00000304. The third-order valence-electron chi connectivity index (χ3n) is 12.0. The third-order valence-corrected chi connectivity index (χ3v) is 12.0. The van der Waals surface area contributed by atoms with Crippen LogP contribution >= 0.6 is 0 Å². The first kappa shape index (κ1) is 28.1. The van der Waals surface area contributed by atoms with E-state index >= 15 is 0 Å². The number of carbonyl (C=O) groups excluding carboxylic acids is 3. The van der Waals surface area contributed by atoms with E-state index < -0.39 is 16.2 Å². The molecule has 5 aliphatic rings. The monoisotopic (exact) mass is 563 g/mol. The molecular weight excluding hydrogens is 523 g/mol. The van der Waals surface area contributed by atoms with Gasteiger partial charge in [-0.3, -0.25) is 11.1 Å². The molecule has 7 atom stereocenters. The van der Waals surface area contributed by atoms with E-state index in [1.165, 1.54) is 0 Å². The average Bonchev–Trinajstić information content (AvgIpc) is 2.77. The molecule has 0 saturated heterocycles. The molecule has 0 amide bonds. The van der Waals surface area contributed by atoms with Crippen molar-refractivity contribution in [1.82, 2.24) is 0 Å². The van der Waals surface area contributed by atoms with Crippen molar-refractivity contribution in [3.05, 3.63) is 34.8 Å². The van der Waals surface area contributed by atoms with Crippen LogP contribution in [0.4, 0.5) is 0 Å². The quantitative estimate of drug-likeness (QED) is 0.335. The Labute approximate surface area is 242 Å². The van der Waals surface area contributed by atoms with Crippen molar-refractivity contribution in [1.29, 1.82) is 0 Å². The number of fused-ring (bicyclic) bond motifs is 7. The minimum atomic E-state index is -0.645. The Kier molecular flexibility index (Phi) is 6.47. The van der Waals surface area contributed by atoms with E-state index in [1.54, 1.807) is 0 Å². The van der Waals surface area contributed by atoms with Gasteiger partial charge in [-0.25, -0.2) is 4.85 Å². The summed E-state index contributed by atoms with van der Waals surface area (Å²) in [5, 5.41) is 0. The summed E-state index contributed by atoms with van der Waals surface area (Å²) in [6.45, 7) is 23.0. The number of hydrogen-bond acceptors (Lipinski definition) is 3. The first-order valence-electron chi connectivity index (χ1n) is 13.4. The van der Waals surface area contributed by atoms with Gasteiger partial charge in [0, 0.05) is 49.5 Å². The topological polar surface area (TPSA) is 55.6 Å². The summed E-state index contributed by atoms with van der Waals surface area (Å²) in [6.07, 6.45) is 12.5. The molecule has 0 spiro atoms. The third kappa shape index (κ3) is 3.33. The van der Waals surface area contributed by atoms with Crippen LogP contribution in [0, 0.1) is 56.8 Å². The first-order chi connectivity index (χ1) is 16.1. The van der Waals surface area contributed by atoms with Crippen molar-refractivity contribution >= 4 is 17.9 Å². The zero-order chi connectivity index (χ0) is 25.8. The molecule has 0 aliphatic heterocycles. The van der Waals surface area contributed by atoms with Crippen LogP contribution in [0.25, 0.3) is 4.85 Å². The molecule has 0 N–H and O–H groups in total. The predicted octanol–water partition coefficient (Wildman–Crippen LogP) is 6.67. The smallest absolute Gasteiger partial charge is 0.226 e. The van der Waals surface area contributed by atoms with E-state index in [4.69, 9.17) is 6.57 Å². The molecule has 0 heterocycles. The fourth-order valence-corrected chi connectivity index (χ4v) is 9.78. The molecule has 191 valence electrons.